The van der Waals surface area contributed by atoms with E-state index in [1.165, 1.54) is 5.75 Å². The Kier molecular flexibility index (Phi) is 5.69. The van der Waals surface area contributed by atoms with Crippen molar-refractivity contribution in [3.05, 3.63) is 0 Å². The molecule has 88 valence electrons. The molecule has 2 atom stereocenters. The zero-order valence-corrected chi connectivity index (χ0v) is 11.0. The third kappa shape index (κ3) is 3.80. The summed E-state index contributed by atoms with van der Waals surface area (Å²) in [6.07, 6.45) is 1.91. The van der Waals surface area contributed by atoms with E-state index in [2.05, 4.69) is 25.7 Å². The van der Waals surface area contributed by atoms with Gasteiger partial charge >= 0.3 is 0 Å². The zero-order chi connectivity index (χ0) is 11.3. The molecular formula is C12H23NOS. The highest BCUT2D eigenvalue weighted by Crippen LogP contribution is 2.32. The Morgan fingerprint density at radius 3 is 2.53 bits per heavy atom. The van der Waals surface area contributed by atoms with Gasteiger partial charge in [0.05, 0.1) is 0 Å². The number of ketones is 1. The van der Waals surface area contributed by atoms with E-state index in [1.807, 2.05) is 11.8 Å². The highest BCUT2D eigenvalue weighted by molar-refractivity contribution is 8.00. The Bertz CT molecular complexity index is 204. The fraction of sp³-hybridized carbons (Fsp3) is 0.917. The van der Waals surface area contributed by atoms with Crippen molar-refractivity contribution < 1.29 is 4.79 Å². The molecule has 2 unspecified atom stereocenters. The van der Waals surface area contributed by atoms with Crippen molar-refractivity contribution in [2.75, 3.05) is 25.4 Å². The molecule has 0 heterocycles. The second kappa shape index (κ2) is 6.54. The molecule has 0 aromatic heterocycles. The molecule has 3 heteroatoms. The minimum absolute atomic E-state index is 0.298. The first kappa shape index (κ1) is 13.0. The molecule has 1 fully saturated rings. The van der Waals surface area contributed by atoms with Crippen LogP contribution >= 0.6 is 11.8 Å². The molecule has 1 saturated carbocycles. The van der Waals surface area contributed by atoms with Gasteiger partial charge in [0, 0.05) is 29.9 Å². The Hall–Kier alpha value is -0.0200. The monoisotopic (exact) mass is 229 g/mol. The average molecular weight is 229 g/mol. The lowest BCUT2D eigenvalue weighted by Gasteiger charge is -2.19. The van der Waals surface area contributed by atoms with Crippen LogP contribution in [0.3, 0.4) is 0 Å². The largest absolute Gasteiger partial charge is 0.303 e. The van der Waals surface area contributed by atoms with Crippen molar-refractivity contribution in [3.8, 4) is 0 Å². The van der Waals surface area contributed by atoms with Crippen molar-refractivity contribution in [1.82, 2.24) is 4.90 Å². The molecule has 0 N–H and O–H groups in total. The minimum atomic E-state index is 0.298. The number of Topliss-reactive ketones (excluding diaryl/α,β-unsaturated/α-hetero) is 1. The Morgan fingerprint density at radius 1 is 1.40 bits per heavy atom. The van der Waals surface area contributed by atoms with Crippen LogP contribution in [0.4, 0.5) is 0 Å². The van der Waals surface area contributed by atoms with Gasteiger partial charge in [0.15, 0.2) is 0 Å². The molecule has 15 heavy (non-hydrogen) atoms. The molecule has 0 saturated heterocycles. The van der Waals surface area contributed by atoms with Crippen LogP contribution in [0.25, 0.3) is 0 Å². The number of carbonyl (C=O) groups excluding carboxylic acids is 1. The third-order valence-corrected chi connectivity index (χ3v) is 4.87. The summed E-state index contributed by atoms with van der Waals surface area (Å²) in [6.45, 7) is 9.93. The molecule has 0 aromatic carbocycles. The molecule has 2 nitrogen and oxygen atoms in total. The second-order valence-electron chi connectivity index (χ2n) is 4.23. The van der Waals surface area contributed by atoms with Crippen molar-refractivity contribution >= 4 is 17.5 Å². The van der Waals surface area contributed by atoms with Crippen LogP contribution in [0.1, 0.15) is 33.6 Å². The number of nitrogens with zero attached hydrogens (tertiary/aromatic N) is 1. The van der Waals surface area contributed by atoms with Crippen LogP contribution in [0, 0.1) is 5.92 Å². The first-order valence-electron chi connectivity index (χ1n) is 6.05. The van der Waals surface area contributed by atoms with Crippen molar-refractivity contribution in [2.45, 2.75) is 38.9 Å². The van der Waals surface area contributed by atoms with Gasteiger partial charge in [-0.1, -0.05) is 20.8 Å². The molecule has 1 aliphatic rings. The normalized spacial score (nSPS) is 26.5. The average Bonchev–Trinajstić information content (AvgIpc) is 2.56. The predicted molar refractivity (Wildman–Crippen MR) is 67.4 cm³/mol. The standard InChI is InChI=1S/C12H23NOS/c1-4-13(5-2)8-9-15-12-7-6-11(14)10(12)3/h10,12H,4-9H2,1-3H3. The second-order valence-corrected chi connectivity index (χ2v) is 5.58. The topological polar surface area (TPSA) is 20.3 Å². The van der Waals surface area contributed by atoms with E-state index in [0.29, 0.717) is 17.0 Å². The lowest BCUT2D eigenvalue weighted by molar-refractivity contribution is -0.120. The number of carbonyl (C=O) groups is 1. The minimum Gasteiger partial charge on any atom is -0.303 e. The molecular weight excluding hydrogens is 206 g/mol. The zero-order valence-electron chi connectivity index (χ0n) is 10.2. The fourth-order valence-corrected chi connectivity index (χ4v) is 3.46. The summed E-state index contributed by atoms with van der Waals surface area (Å²) in [5.41, 5.74) is 0. The van der Waals surface area contributed by atoms with Gasteiger partial charge in [0.1, 0.15) is 5.78 Å². The summed E-state index contributed by atoms with van der Waals surface area (Å²) in [6, 6.07) is 0. The molecule has 0 amide bonds. The number of rotatable bonds is 6. The fourth-order valence-electron chi connectivity index (χ4n) is 2.07. The van der Waals surface area contributed by atoms with Gasteiger partial charge in [0.2, 0.25) is 0 Å². The molecule has 0 bridgehead atoms. The van der Waals surface area contributed by atoms with Crippen molar-refractivity contribution in [3.63, 3.8) is 0 Å². The molecule has 0 aliphatic heterocycles. The maximum atomic E-state index is 11.4. The quantitative estimate of drug-likeness (QED) is 0.698. The van der Waals surface area contributed by atoms with Gasteiger partial charge in [-0.3, -0.25) is 4.79 Å². The van der Waals surface area contributed by atoms with Crippen LogP contribution in [0.15, 0.2) is 0 Å². The van der Waals surface area contributed by atoms with Gasteiger partial charge in [-0.2, -0.15) is 11.8 Å². The van der Waals surface area contributed by atoms with E-state index >= 15 is 0 Å². The highest BCUT2D eigenvalue weighted by atomic mass is 32.2. The Labute approximate surface area is 97.8 Å². The van der Waals surface area contributed by atoms with Gasteiger partial charge in [-0.25, -0.2) is 0 Å². The third-order valence-electron chi connectivity index (χ3n) is 3.37. The van der Waals surface area contributed by atoms with Crippen molar-refractivity contribution in [1.29, 1.82) is 0 Å². The summed E-state index contributed by atoms with van der Waals surface area (Å²) in [4.78, 5) is 13.8. The lowest BCUT2D eigenvalue weighted by atomic mass is 10.1. The first-order valence-corrected chi connectivity index (χ1v) is 7.10. The van der Waals surface area contributed by atoms with Gasteiger partial charge < -0.3 is 4.90 Å². The summed E-state index contributed by atoms with van der Waals surface area (Å²) in [5.74, 6) is 1.94. The molecule has 1 rings (SSSR count). The van der Waals surface area contributed by atoms with Crippen LogP contribution in [0.2, 0.25) is 0 Å². The molecule has 0 aromatic rings. The highest BCUT2D eigenvalue weighted by Gasteiger charge is 2.30. The molecule has 0 spiro atoms. The van der Waals surface area contributed by atoms with Gasteiger partial charge in [0.25, 0.3) is 0 Å². The summed E-state index contributed by atoms with van der Waals surface area (Å²) in [7, 11) is 0. The Balaban J connectivity index is 2.17. The lowest BCUT2D eigenvalue weighted by Crippen LogP contribution is -2.26. The smallest absolute Gasteiger partial charge is 0.136 e. The molecule has 1 aliphatic carbocycles. The number of thioether (sulfide) groups is 1. The van der Waals surface area contributed by atoms with Crippen LogP contribution < -0.4 is 0 Å². The van der Waals surface area contributed by atoms with E-state index in [9.17, 15) is 4.79 Å². The summed E-state index contributed by atoms with van der Waals surface area (Å²) >= 11 is 1.99. The van der Waals surface area contributed by atoms with Gasteiger partial charge in [-0.05, 0) is 19.5 Å². The van der Waals surface area contributed by atoms with E-state index < -0.39 is 0 Å². The number of hydrogen-bond acceptors (Lipinski definition) is 3. The van der Waals surface area contributed by atoms with E-state index in [-0.39, 0.29) is 0 Å². The number of hydrogen-bond donors (Lipinski definition) is 0. The maximum Gasteiger partial charge on any atom is 0.136 e. The summed E-state index contributed by atoms with van der Waals surface area (Å²) < 4.78 is 0. The summed E-state index contributed by atoms with van der Waals surface area (Å²) in [5, 5.41) is 0.591. The Morgan fingerprint density at radius 2 is 2.07 bits per heavy atom. The SMILES string of the molecule is CCN(CC)CCSC1CCC(=O)C1C. The molecule has 0 radical (unpaired) electrons. The van der Waals surface area contributed by atoms with Crippen LogP contribution in [-0.2, 0) is 4.79 Å². The van der Waals surface area contributed by atoms with E-state index in [4.69, 9.17) is 0 Å². The predicted octanol–water partition coefficient (Wildman–Crippen LogP) is 2.43. The van der Waals surface area contributed by atoms with Crippen molar-refractivity contribution in [2.24, 2.45) is 5.92 Å². The first-order chi connectivity index (χ1) is 7.19. The van der Waals surface area contributed by atoms with E-state index in [1.54, 1.807) is 0 Å². The van der Waals surface area contributed by atoms with Gasteiger partial charge in [-0.15, -0.1) is 0 Å². The van der Waals surface area contributed by atoms with Crippen LogP contribution in [0.5, 0.6) is 0 Å². The van der Waals surface area contributed by atoms with Crippen LogP contribution in [-0.4, -0.2) is 41.3 Å². The maximum absolute atomic E-state index is 11.4. The van der Waals surface area contributed by atoms with E-state index in [0.717, 1.165) is 32.5 Å².